The minimum Gasteiger partial charge on any atom is -0.306 e. The van der Waals surface area contributed by atoms with Gasteiger partial charge in [-0.2, -0.15) is 0 Å². The standard InChI is InChI=1S/C15H17BrN2OS/c1-15(2,3)12-11(16)14(19)18-13(17-12)9-5-7-10(20-4)8-6-9/h5-8H,1-4H3,(H,17,18,19). The fourth-order valence-electron chi connectivity index (χ4n) is 1.84. The van der Waals surface area contributed by atoms with Crippen LogP contribution >= 0.6 is 27.7 Å². The third-order valence-electron chi connectivity index (χ3n) is 2.94. The molecule has 2 rings (SSSR count). The lowest BCUT2D eigenvalue weighted by Gasteiger charge is -2.19. The Hall–Kier alpha value is -1.07. The molecular formula is C15H17BrN2OS. The highest BCUT2D eigenvalue weighted by atomic mass is 79.9. The normalized spacial score (nSPS) is 11.7. The van der Waals surface area contributed by atoms with E-state index in [9.17, 15) is 4.79 Å². The fraction of sp³-hybridized carbons (Fsp3) is 0.333. The van der Waals surface area contributed by atoms with Crippen LogP contribution in [0.25, 0.3) is 11.4 Å². The van der Waals surface area contributed by atoms with E-state index in [1.807, 2.05) is 51.3 Å². The molecule has 106 valence electrons. The first-order valence-electron chi connectivity index (χ1n) is 6.27. The van der Waals surface area contributed by atoms with Crippen LogP contribution in [0.15, 0.2) is 38.4 Å². The van der Waals surface area contributed by atoms with Crippen molar-refractivity contribution in [3.8, 4) is 11.4 Å². The van der Waals surface area contributed by atoms with Crippen LogP contribution in [0.3, 0.4) is 0 Å². The number of hydrogen-bond donors (Lipinski definition) is 1. The van der Waals surface area contributed by atoms with Crippen LogP contribution in [0.5, 0.6) is 0 Å². The Morgan fingerprint density at radius 2 is 1.80 bits per heavy atom. The molecule has 0 amide bonds. The van der Waals surface area contributed by atoms with Gasteiger partial charge in [-0.15, -0.1) is 11.8 Å². The van der Waals surface area contributed by atoms with E-state index < -0.39 is 0 Å². The van der Waals surface area contributed by atoms with Crippen LogP contribution in [0.1, 0.15) is 26.5 Å². The number of benzene rings is 1. The highest BCUT2D eigenvalue weighted by Crippen LogP contribution is 2.27. The van der Waals surface area contributed by atoms with Crippen molar-refractivity contribution in [1.82, 2.24) is 9.97 Å². The number of hydrogen-bond acceptors (Lipinski definition) is 3. The van der Waals surface area contributed by atoms with Crippen molar-refractivity contribution >= 4 is 27.7 Å². The Labute approximate surface area is 131 Å². The van der Waals surface area contributed by atoms with Crippen molar-refractivity contribution in [1.29, 1.82) is 0 Å². The Kier molecular flexibility index (Phi) is 4.39. The van der Waals surface area contributed by atoms with E-state index in [1.54, 1.807) is 11.8 Å². The summed E-state index contributed by atoms with van der Waals surface area (Å²) in [6, 6.07) is 8.01. The molecule has 1 aromatic heterocycles. The van der Waals surface area contributed by atoms with Crippen molar-refractivity contribution in [3.05, 3.63) is 44.8 Å². The largest absolute Gasteiger partial charge is 0.306 e. The van der Waals surface area contributed by atoms with Gasteiger partial charge in [-0.3, -0.25) is 4.79 Å². The molecule has 0 saturated heterocycles. The lowest BCUT2D eigenvalue weighted by atomic mass is 9.92. The molecule has 0 aliphatic rings. The number of nitrogens with one attached hydrogen (secondary N) is 1. The summed E-state index contributed by atoms with van der Waals surface area (Å²) in [5.74, 6) is 0.607. The maximum atomic E-state index is 12.1. The molecule has 0 spiro atoms. The van der Waals surface area contributed by atoms with Crippen molar-refractivity contribution in [3.63, 3.8) is 0 Å². The van der Waals surface area contributed by atoms with Gasteiger partial charge in [0.15, 0.2) is 0 Å². The second kappa shape index (κ2) is 5.74. The molecule has 0 atom stereocenters. The molecule has 0 unspecified atom stereocenters. The molecule has 2 aromatic rings. The fourth-order valence-corrected chi connectivity index (χ4v) is 3.03. The zero-order valence-corrected chi connectivity index (χ0v) is 14.4. The van der Waals surface area contributed by atoms with E-state index >= 15 is 0 Å². The second-order valence-corrected chi connectivity index (χ2v) is 7.23. The van der Waals surface area contributed by atoms with Crippen molar-refractivity contribution in [2.24, 2.45) is 0 Å². The van der Waals surface area contributed by atoms with Gasteiger partial charge in [0.2, 0.25) is 0 Å². The molecule has 1 aromatic carbocycles. The summed E-state index contributed by atoms with van der Waals surface area (Å²) in [5, 5.41) is 0. The molecule has 5 heteroatoms. The van der Waals surface area contributed by atoms with Gasteiger partial charge in [0.05, 0.1) is 5.69 Å². The molecule has 0 bridgehead atoms. The minimum atomic E-state index is -0.193. The zero-order valence-electron chi connectivity index (χ0n) is 12.0. The molecule has 1 heterocycles. The summed E-state index contributed by atoms with van der Waals surface area (Å²) in [6.45, 7) is 6.13. The predicted octanol–water partition coefficient (Wildman–Crippen LogP) is 4.22. The van der Waals surface area contributed by atoms with Crippen LogP contribution in [0.4, 0.5) is 0 Å². The topological polar surface area (TPSA) is 45.8 Å². The third-order valence-corrected chi connectivity index (χ3v) is 4.42. The first-order valence-corrected chi connectivity index (χ1v) is 8.29. The van der Waals surface area contributed by atoms with Crippen molar-refractivity contribution in [2.75, 3.05) is 6.26 Å². The Morgan fingerprint density at radius 3 is 2.30 bits per heavy atom. The van der Waals surface area contributed by atoms with E-state index in [0.29, 0.717) is 10.3 Å². The summed E-state index contributed by atoms with van der Waals surface area (Å²) < 4.78 is 0.509. The summed E-state index contributed by atoms with van der Waals surface area (Å²) in [6.07, 6.45) is 2.03. The van der Waals surface area contributed by atoms with E-state index in [1.165, 1.54) is 4.90 Å². The van der Waals surface area contributed by atoms with Gasteiger partial charge < -0.3 is 4.98 Å². The monoisotopic (exact) mass is 352 g/mol. The lowest BCUT2D eigenvalue weighted by Crippen LogP contribution is -2.22. The molecule has 3 nitrogen and oxygen atoms in total. The predicted molar refractivity (Wildman–Crippen MR) is 88.5 cm³/mol. The van der Waals surface area contributed by atoms with E-state index in [2.05, 4.69) is 25.9 Å². The van der Waals surface area contributed by atoms with Gasteiger partial charge in [0.25, 0.3) is 5.56 Å². The first-order chi connectivity index (χ1) is 9.32. The quantitative estimate of drug-likeness (QED) is 0.823. The highest BCUT2D eigenvalue weighted by molar-refractivity contribution is 9.10. The average Bonchev–Trinajstić information content (AvgIpc) is 2.40. The summed E-state index contributed by atoms with van der Waals surface area (Å²) in [4.78, 5) is 20.7. The molecule has 0 aliphatic carbocycles. The molecular weight excluding hydrogens is 336 g/mol. The number of aromatic amines is 1. The molecule has 0 fully saturated rings. The van der Waals surface area contributed by atoms with Gasteiger partial charge in [-0.1, -0.05) is 32.9 Å². The maximum Gasteiger partial charge on any atom is 0.265 e. The van der Waals surface area contributed by atoms with E-state index in [4.69, 9.17) is 0 Å². The van der Waals surface area contributed by atoms with Crippen molar-refractivity contribution < 1.29 is 0 Å². The Morgan fingerprint density at radius 1 is 1.20 bits per heavy atom. The third kappa shape index (κ3) is 3.15. The molecule has 0 saturated carbocycles. The smallest absolute Gasteiger partial charge is 0.265 e. The zero-order chi connectivity index (χ0) is 14.9. The van der Waals surface area contributed by atoms with Gasteiger partial charge in [-0.25, -0.2) is 4.98 Å². The number of H-pyrrole nitrogens is 1. The van der Waals surface area contributed by atoms with Crippen LogP contribution in [0.2, 0.25) is 0 Å². The van der Waals surface area contributed by atoms with Gasteiger partial charge in [0.1, 0.15) is 10.3 Å². The SMILES string of the molecule is CSc1ccc(-c2nc(C(C)(C)C)c(Br)c(=O)[nH]2)cc1. The van der Waals surface area contributed by atoms with Crippen LogP contribution in [0, 0.1) is 0 Å². The number of aromatic nitrogens is 2. The van der Waals surface area contributed by atoms with Crippen LogP contribution in [-0.2, 0) is 5.41 Å². The highest BCUT2D eigenvalue weighted by Gasteiger charge is 2.22. The molecule has 0 radical (unpaired) electrons. The summed E-state index contributed by atoms with van der Waals surface area (Å²) in [5.41, 5.74) is 1.35. The summed E-state index contributed by atoms with van der Waals surface area (Å²) >= 11 is 5.02. The van der Waals surface area contributed by atoms with Crippen LogP contribution < -0.4 is 5.56 Å². The first kappa shape index (κ1) is 15.3. The van der Waals surface area contributed by atoms with E-state index in [-0.39, 0.29) is 11.0 Å². The van der Waals surface area contributed by atoms with Gasteiger partial charge in [0, 0.05) is 15.9 Å². The Bertz CT molecular complexity index is 672. The van der Waals surface area contributed by atoms with Gasteiger partial charge in [-0.05, 0) is 34.3 Å². The number of halogens is 1. The average molecular weight is 353 g/mol. The molecule has 1 N–H and O–H groups in total. The van der Waals surface area contributed by atoms with Crippen molar-refractivity contribution in [2.45, 2.75) is 31.1 Å². The summed E-state index contributed by atoms with van der Waals surface area (Å²) in [7, 11) is 0. The maximum absolute atomic E-state index is 12.1. The number of nitrogens with zero attached hydrogens (tertiary/aromatic N) is 1. The number of rotatable bonds is 2. The molecule has 20 heavy (non-hydrogen) atoms. The lowest BCUT2D eigenvalue weighted by molar-refractivity contribution is 0.562. The minimum absolute atomic E-state index is 0.145. The van der Waals surface area contributed by atoms with E-state index in [0.717, 1.165) is 11.3 Å². The van der Waals surface area contributed by atoms with Crippen LogP contribution in [-0.4, -0.2) is 16.2 Å². The van der Waals surface area contributed by atoms with Gasteiger partial charge >= 0.3 is 0 Å². The Balaban J connectivity index is 2.57. The second-order valence-electron chi connectivity index (χ2n) is 5.56. The number of thioether (sulfide) groups is 1. The molecule has 0 aliphatic heterocycles.